The standard InChI is InChI=1S/C20H22F2N8O3/c1-23-19(32)15-13(7-14(27-28-15)26-18(31)11-8-20(11,21)22)25-12-6-4-5-10(16(12)33-3)17-24-9-30(2)29-17/h4-7,9,11,25,27-28H,8H2,1-3H3,(H,23,32)(H,26,31)/t11-/m1/s1. The van der Waals surface area contributed by atoms with Crippen LogP contribution in [0.1, 0.15) is 6.42 Å². The van der Waals surface area contributed by atoms with E-state index >= 15 is 0 Å². The molecule has 1 atom stereocenters. The molecule has 33 heavy (non-hydrogen) atoms. The van der Waals surface area contributed by atoms with Gasteiger partial charge >= 0.3 is 0 Å². The molecule has 0 spiro atoms. The third kappa shape index (κ3) is 4.42. The van der Waals surface area contributed by atoms with Gasteiger partial charge in [-0.05, 0) is 12.1 Å². The van der Waals surface area contributed by atoms with Crippen molar-refractivity contribution in [3.63, 3.8) is 0 Å². The van der Waals surface area contributed by atoms with Gasteiger partial charge in [0.1, 0.15) is 23.8 Å². The SMILES string of the molecule is CNC(=O)C1=C(Nc2cccc(-c3ncn(C)n3)c2OC)C=C(NC(=O)[C@H]2CC2(F)F)NN1. The lowest BCUT2D eigenvalue weighted by molar-refractivity contribution is -0.123. The summed E-state index contributed by atoms with van der Waals surface area (Å²) in [7, 11) is 4.68. The van der Waals surface area contributed by atoms with Crippen LogP contribution in [-0.4, -0.2) is 46.7 Å². The molecule has 13 heteroatoms. The number of nitrogens with one attached hydrogen (secondary N) is 5. The van der Waals surface area contributed by atoms with Gasteiger partial charge in [0.2, 0.25) is 5.91 Å². The molecule has 1 fully saturated rings. The van der Waals surface area contributed by atoms with Crippen molar-refractivity contribution < 1.29 is 23.1 Å². The van der Waals surface area contributed by atoms with Crippen LogP contribution in [0.2, 0.25) is 0 Å². The van der Waals surface area contributed by atoms with E-state index in [9.17, 15) is 18.4 Å². The van der Waals surface area contributed by atoms with E-state index in [4.69, 9.17) is 4.74 Å². The number of aryl methyl sites for hydroxylation is 1. The molecular formula is C20H22F2N8O3. The number of hydrazine groups is 1. The number of amides is 2. The van der Waals surface area contributed by atoms with Gasteiger partial charge in [-0.3, -0.25) is 25.1 Å². The number of ether oxygens (including phenoxy) is 1. The second-order valence-corrected chi connectivity index (χ2v) is 7.44. The molecule has 1 aromatic carbocycles. The van der Waals surface area contributed by atoms with Gasteiger partial charge in [-0.15, -0.1) is 0 Å². The van der Waals surface area contributed by atoms with Crippen LogP contribution < -0.4 is 31.5 Å². The Kier molecular flexibility index (Phi) is 5.62. The van der Waals surface area contributed by atoms with Gasteiger partial charge < -0.3 is 20.7 Å². The highest BCUT2D eigenvalue weighted by Crippen LogP contribution is 2.48. The summed E-state index contributed by atoms with van der Waals surface area (Å²) >= 11 is 0. The highest BCUT2D eigenvalue weighted by Gasteiger charge is 2.61. The van der Waals surface area contributed by atoms with Crippen LogP contribution in [0.5, 0.6) is 5.75 Å². The molecular weight excluding hydrogens is 438 g/mol. The van der Waals surface area contributed by atoms with Crippen LogP contribution in [0.15, 0.2) is 47.8 Å². The molecule has 0 radical (unpaired) electrons. The number of anilines is 1. The van der Waals surface area contributed by atoms with Crippen LogP contribution >= 0.6 is 0 Å². The summed E-state index contributed by atoms with van der Waals surface area (Å²) in [6.45, 7) is 0. The predicted molar refractivity (Wildman–Crippen MR) is 113 cm³/mol. The Hall–Kier alpha value is -4.16. The average Bonchev–Trinajstić information content (AvgIpc) is 3.22. The zero-order valence-corrected chi connectivity index (χ0v) is 18.0. The van der Waals surface area contributed by atoms with E-state index in [1.807, 2.05) is 0 Å². The molecule has 0 saturated heterocycles. The van der Waals surface area contributed by atoms with E-state index in [1.165, 1.54) is 20.2 Å². The maximum Gasteiger partial charge on any atom is 0.271 e. The van der Waals surface area contributed by atoms with E-state index in [-0.39, 0.29) is 17.2 Å². The molecule has 1 saturated carbocycles. The van der Waals surface area contributed by atoms with E-state index < -0.39 is 30.1 Å². The van der Waals surface area contributed by atoms with Gasteiger partial charge in [0.05, 0.1) is 24.1 Å². The highest BCUT2D eigenvalue weighted by atomic mass is 19.3. The lowest BCUT2D eigenvalue weighted by Crippen LogP contribution is -2.46. The number of methoxy groups -OCH3 is 1. The highest BCUT2D eigenvalue weighted by molar-refractivity contribution is 5.95. The number of aromatic nitrogens is 3. The first-order valence-electron chi connectivity index (χ1n) is 9.92. The van der Waals surface area contributed by atoms with E-state index in [0.717, 1.165) is 0 Å². The first-order valence-corrected chi connectivity index (χ1v) is 9.92. The molecule has 2 amide bonds. The number of alkyl halides is 2. The van der Waals surface area contributed by atoms with E-state index in [2.05, 4.69) is 36.9 Å². The fourth-order valence-electron chi connectivity index (χ4n) is 3.28. The van der Waals surface area contributed by atoms with Crippen molar-refractivity contribution in [1.82, 2.24) is 36.2 Å². The van der Waals surface area contributed by atoms with E-state index in [1.54, 1.807) is 36.3 Å². The van der Waals surface area contributed by atoms with Crippen LogP contribution in [0.4, 0.5) is 14.5 Å². The fourth-order valence-corrected chi connectivity index (χ4v) is 3.28. The Morgan fingerprint density at radius 1 is 1.30 bits per heavy atom. The Morgan fingerprint density at radius 3 is 2.67 bits per heavy atom. The van der Waals surface area contributed by atoms with Crippen LogP contribution in [-0.2, 0) is 16.6 Å². The van der Waals surface area contributed by atoms with Gasteiger partial charge in [0.25, 0.3) is 11.8 Å². The Labute approximate surface area is 187 Å². The Morgan fingerprint density at radius 2 is 2.06 bits per heavy atom. The van der Waals surface area contributed by atoms with Gasteiger partial charge in [-0.2, -0.15) is 5.10 Å². The fraction of sp³-hybridized carbons (Fsp3) is 0.300. The minimum Gasteiger partial charge on any atom is -0.494 e. The van der Waals surface area contributed by atoms with Crippen molar-refractivity contribution in [2.75, 3.05) is 19.5 Å². The van der Waals surface area contributed by atoms with Gasteiger partial charge in [-0.25, -0.2) is 13.8 Å². The van der Waals surface area contributed by atoms with Crippen molar-refractivity contribution in [1.29, 1.82) is 0 Å². The third-order valence-electron chi connectivity index (χ3n) is 5.06. The topological polar surface area (TPSA) is 134 Å². The zero-order valence-electron chi connectivity index (χ0n) is 18.0. The number of likely N-dealkylation sites (N-methyl/N-ethyl adjacent to an activating group) is 1. The molecule has 2 aliphatic rings. The summed E-state index contributed by atoms with van der Waals surface area (Å²) in [5.41, 5.74) is 6.77. The lowest BCUT2D eigenvalue weighted by Gasteiger charge is -2.24. The Balaban J connectivity index is 1.66. The molecule has 4 rings (SSSR count). The summed E-state index contributed by atoms with van der Waals surface area (Å²) in [6.07, 6.45) is 2.49. The summed E-state index contributed by atoms with van der Waals surface area (Å²) in [5, 5.41) is 12.3. The van der Waals surface area contributed by atoms with Crippen molar-refractivity contribution in [3.05, 3.63) is 47.8 Å². The van der Waals surface area contributed by atoms with Gasteiger partial charge in [-0.1, -0.05) is 6.07 Å². The number of rotatable bonds is 7. The number of hydrogen-bond acceptors (Lipinski definition) is 8. The summed E-state index contributed by atoms with van der Waals surface area (Å²) in [6, 6.07) is 5.26. The lowest BCUT2D eigenvalue weighted by atomic mass is 10.1. The van der Waals surface area contributed by atoms with Crippen molar-refractivity contribution in [2.24, 2.45) is 13.0 Å². The molecule has 0 unspecified atom stereocenters. The smallest absolute Gasteiger partial charge is 0.271 e. The molecule has 5 N–H and O–H groups in total. The molecule has 2 aromatic rings. The Bertz CT molecular complexity index is 1170. The second kappa shape index (κ2) is 8.41. The number of hydrogen-bond donors (Lipinski definition) is 5. The summed E-state index contributed by atoms with van der Waals surface area (Å²) < 4.78 is 33.6. The van der Waals surface area contributed by atoms with Gasteiger partial charge in [0.15, 0.2) is 11.6 Å². The number of benzene rings is 1. The third-order valence-corrected chi connectivity index (χ3v) is 5.06. The number of para-hydroxylation sites is 1. The molecule has 1 aliphatic heterocycles. The molecule has 174 valence electrons. The van der Waals surface area contributed by atoms with Crippen LogP contribution in [0, 0.1) is 5.92 Å². The van der Waals surface area contributed by atoms with Crippen LogP contribution in [0.3, 0.4) is 0 Å². The van der Waals surface area contributed by atoms with Crippen molar-refractivity contribution in [3.8, 4) is 17.1 Å². The van der Waals surface area contributed by atoms with Crippen LogP contribution in [0.25, 0.3) is 11.4 Å². The molecule has 11 nitrogen and oxygen atoms in total. The number of halogens is 2. The normalized spacial score (nSPS) is 18.5. The summed E-state index contributed by atoms with van der Waals surface area (Å²) in [5.74, 6) is -4.68. The monoisotopic (exact) mass is 460 g/mol. The minimum atomic E-state index is -3.00. The first-order chi connectivity index (χ1) is 15.7. The summed E-state index contributed by atoms with van der Waals surface area (Å²) in [4.78, 5) is 28.7. The zero-order chi connectivity index (χ0) is 23.8. The van der Waals surface area contributed by atoms with Crippen molar-refractivity contribution in [2.45, 2.75) is 12.3 Å². The predicted octanol–water partition coefficient (Wildman–Crippen LogP) is 0.581. The average molecular weight is 460 g/mol. The molecule has 2 heterocycles. The number of allylic oxidation sites excluding steroid dienone is 1. The minimum absolute atomic E-state index is 0.0966. The maximum absolute atomic E-state index is 13.2. The maximum atomic E-state index is 13.2. The van der Waals surface area contributed by atoms with Crippen molar-refractivity contribution >= 4 is 17.5 Å². The number of carbonyl (C=O) groups excluding carboxylic acids is 2. The molecule has 0 bridgehead atoms. The van der Waals surface area contributed by atoms with Gasteiger partial charge in [0, 0.05) is 26.6 Å². The largest absolute Gasteiger partial charge is 0.494 e. The molecule has 1 aromatic heterocycles. The number of carbonyl (C=O) groups is 2. The second-order valence-electron chi connectivity index (χ2n) is 7.44. The molecule has 1 aliphatic carbocycles. The van der Waals surface area contributed by atoms with E-state index in [0.29, 0.717) is 22.8 Å². The number of nitrogens with zero attached hydrogens (tertiary/aromatic N) is 3. The quantitative estimate of drug-likeness (QED) is 0.405. The first kappa shape index (κ1) is 22.0.